The first kappa shape index (κ1) is 13.9. The number of piperidine rings is 1. The second-order valence-corrected chi connectivity index (χ2v) is 6.63. The number of nitrogens with zero attached hydrogens (tertiary/aromatic N) is 3. The van der Waals surface area contributed by atoms with Gasteiger partial charge in [-0.2, -0.15) is 13.5 Å². The summed E-state index contributed by atoms with van der Waals surface area (Å²) in [5, 5.41) is 6.10. The first-order valence-electron chi connectivity index (χ1n) is 6.88. The number of aromatic amines is 1. The van der Waals surface area contributed by atoms with E-state index in [-0.39, 0.29) is 5.03 Å². The Bertz CT molecular complexity index is 676. The molecule has 2 aromatic rings. The van der Waals surface area contributed by atoms with E-state index < -0.39 is 10.0 Å². The quantitative estimate of drug-likeness (QED) is 0.895. The van der Waals surface area contributed by atoms with Crippen LogP contribution in [-0.4, -0.2) is 36.7 Å². The van der Waals surface area contributed by atoms with Crippen molar-refractivity contribution in [3.8, 4) is 0 Å². The van der Waals surface area contributed by atoms with Crippen LogP contribution in [0.2, 0.25) is 0 Å². The molecule has 1 fully saturated rings. The normalized spacial score (nSPS) is 15.9. The first-order valence-corrected chi connectivity index (χ1v) is 8.37. The zero-order valence-corrected chi connectivity index (χ0v) is 12.3. The van der Waals surface area contributed by atoms with E-state index >= 15 is 0 Å². The second kappa shape index (κ2) is 5.72. The van der Waals surface area contributed by atoms with E-state index in [4.69, 9.17) is 0 Å². The van der Waals surface area contributed by atoms with Crippen LogP contribution < -0.4 is 9.62 Å². The Labute approximate surface area is 123 Å². The molecule has 2 aromatic heterocycles. The molecule has 8 heteroatoms. The second-order valence-electron chi connectivity index (χ2n) is 4.98. The lowest BCUT2D eigenvalue weighted by molar-refractivity contribution is 0.573. The lowest BCUT2D eigenvalue weighted by Crippen LogP contribution is -2.30. The van der Waals surface area contributed by atoms with Gasteiger partial charge in [0.2, 0.25) is 0 Å². The van der Waals surface area contributed by atoms with Gasteiger partial charge in [0.05, 0.1) is 18.1 Å². The molecule has 0 bridgehead atoms. The van der Waals surface area contributed by atoms with Gasteiger partial charge in [0.25, 0.3) is 10.0 Å². The van der Waals surface area contributed by atoms with Gasteiger partial charge in [-0.15, -0.1) is 0 Å². The Hall–Kier alpha value is -2.09. The van der Waals surface area contributed by atoms with Crippen LogP contribution in [-0.2, 0) is 10.0 Å². The summed E-state index contributed by atoms with van der Waals surface area (Å²) in [6, 6.07) is 4.97. The van der Waals surface area contributed by atoms with Crippen molar-refractivity contribution in [1.82, 2.24) is 15.2 Å². The molecule has 0 amide bonds. The average Bonchev–Trinajstić information content (AvgIpc) is 3.04. The Morgan fingerprint density at radius 2 is 1.95 bits per heavy atom. The van der Waals surface area contributed by atoms with E-state index in [1.165, 1.54) is 37.7 Å². The van der Waals surface area contributed by atoms with Crippen molar-refractivity contribution < 1.29 is 8.42 Å². The molecule has 0 aromatic carbocycles. The monoisotopic (exact) mass is 307 g/mol. The van der Waals surface area contributed by atoms with Gasteiger partial charge in [0, 0.05) is 13.1 Å². The number of aromatic nitrogens is 3. The molecule has 2 N–H and O–H groups in total. The van der Waals surface area contributed by atoms with Gasteiger partial charge in [-0.3, -0.25) is 9.82 Å². The summed E-state index contributed by atoms with van der Waals surface area (Å²) < 4.78 is 26.5. The highest BCUT2D eigenvalue weighted by Crippen LogP contribution is 2.20. The van der Waals surface area contributed by atoms with Crippen molar-refractivity contribution in [3.63, 3.8) is 0 Å². The van der Waals surface area contributed by atoms with Crippen LogP contribution >= 0.6 is 0 Å². The Balaban J connectivity index is 1.72. The topological polar surface area (TPSA) is 91.0 Å². The lowest BCUT2D eigenvalue weighted by Gasteiger charge is -2.27. The summed E-state index contributed by atoms with van der Waals surface area (Å²) in [5.74, 6) is 0.888. The molecular weight excluding hydrogens is 290 g/mol. The summed E-state index contributed by atoms with van der Waals surface area (Å²) >= 11 is 0. The van der Waals surface area contributed by atoms with Crippen molar-refractivity contribution in [2.75, 3.05) is 22.7 Å². The van der Waals surface area contributed by atoms with Crippen molar-refractivity contribution in [1.29, 1.82) is 0 Å². The SMILES string of the molecule is O=S(=O)(Nc1ccc(N2CCCCC2)nc1)c1ccn[nH]1. The summed E-state index contributed by atoms with van der Waals surface area (Å²) in [5.41, 5.74) is 0.436. The Morgan fingerprint density at radius 3 is 2.57 bits per heavy atom. The maximum Gasteiger partial charge on any atom is 0.278 e. The van der Waals surface area contributed by atoms with Crippen molar-refractivity contribution in [2.24, 2.45) is 0 Å². The number of anilines is 2. The molecule has 1 aliphatic heterocycles. The zero-order chi connectivity index (χ0) is 14.7. The van der Waals surface area contributed by atoms with Crippen LogP contribution in [0.25, 0.3) is 0 Å². The highest BCUT2D eigenvalue weighted by Gasteiger charge is 2.16. The highest BCUT2D eigenvalue weighted by molar-refractivity contribution is 7.92. The number of pyridine rings is 1. The third kappa shape index (κ3) is 3.15. The zero-order valence-electron chi connectivity index (χ0n) is 11.5. The Kier molecular flexibility index (Phi) is 3.78. The number of hydrogen-bond acceptors (Lipinski definition) is 5. The lowest BCUT2D eigenvalue weighted by atomic mass is 10.1. The third-order valence-electron chi connectivity index (χ3n) is 3.44. The molecule has 0 unspecified atom stereocenters. The van der Waals surface area contributed by atoms with Crippen molar-refractivity contribution in [2.45, 2.75) is 24.3 Å². The number of rotatable bonds is 4. The molecule has 112 valence electrons. The van der Waals surface area contributed by atoms with Crippen LogP contribution in [0.1, 0.15) is 19.3 Å². The van der Waals surface area contributed by atoms with Crippen LogP contribution in [0.3, 0.4) is 0 Å². The fourth-order valence-corrected chi connectivity index (χ4v) is 3.31. The summed E-state index contributed by atoms with van der Waals surface area (Å²) in [7, 11) is -3.63. The average molecular weight is 307 g/mol. The fourth-order valence-electron chi connectivity index (χ4n) is 2.36. The van der Waals surface area contributed by atoms with Gasteiger partial charge in [0.1, 0.15) is 5.82 Å². The molecule has 0 saturated carbocycles. The predicted octanol–water partition coefficient (Wildman–Crippen LogP) is 1.60. The van der Waals surface area contributed by atoms with E-state index in [0.717, 1.165) is 18.9 Å². The van der Waals surface area contributed by atoms with Gasteiger partial charge in [-0.05, 0) is 37.5 Å². The molecule has 3 heterocycles. The molecule has 0 spiro atoms. The Morgan fingerprint density at radius 1 is 1.14 bits per heavy atom. The minimum absolute atomic E-state index is 0.0302. The predicted molar refractivity (Wildman–Crippen MR) is 79.7 cm³/mol. The van der Waals surface area contributed by atoms with E-state index in [1.54, 1.807) is 6.07 Å². The smallest absolute Gasteiger partial charge is 0.278 e. The molecule has 1 saturated heterocycles. The van der Waals surface area contributed by atoms with Crippen LogP contribution in [0.4, 0.5) is 11.5 Å². The standard InChI is InChI=1S/C13H17N5O2S/c19-21(20,13-6-7-15-16-13)17-11-4-5-12(14-10-11)18-8-2-1-3-9-18/h4-7,10,17H,1-3,8-9H2,(H,15,16). The number of nitrogens with one attached hydrogen (secondary N) is 2. The third-order valence-corrected chi connectivity index (χ3v) is 4.76. The number of H-pyrrole nitrogens is 1. The molecule has 0 radical (unpaired) electrons. The largest absolute Gasteiger partial charge is 0.357 e. The summed E-state index contributed by atoms with van der Waals surface area (Å²) in [6.45, 7) is 2.01. The van der Waals surface area contributed by atoms with Gasteiger partial charge >= 0.3 is 0 Å². The molecule has 1 aliphatic rings. The molecular formula is C13H17N5O2S. The van der Waals surface area contributed by atoms with Crippen LogP contribution in [0.15, 0.2) is 35.6 Å². The molecule has 0 aliphatic carbocycles. The fraction of sp³-hybridized carbons (Fsp3) is 0.385. The van der Waals surface area contributed by atoms with Crippen molar-refractivity contribution in [3.05, 3.63) is 30.6 Å². The van der Waals surface area contributed by atoms with E-state index in [2.05, 4.69) is 24.8 Å². The van der Waals surface area contributed by atoms with E-state index in [0.29, 0.717) is 5.69 Å². The minimum atomic E-state index is -3.63. The van der Waals surface area contributed by atoms with Gasteiger partial charge in [-0.1, -0.05) is 0 Å². The number of hydrogen-bond donors (Lipinski definition) is 2. The maximum absolute atomic E-state index is 12.0. The van der Waals surface area contributed by atoms with Gasteiger partial charge in [-0.25, -0.2) is 4.98 Å². The highest BCUT2D eigenvalue weighted by atomic mass is 32.2. The van der Waals surface area contributed by atoms with E-state index in [1.807, 2.05) is 6.07 Å². The summed E-state index contributed by atoms with van der Waals surface area (Å²) in [4.78, 5) is 6.56. The van der Waals surface area contributed by atoms with Crippen LogP contribution in [0, 0.1) is 0 Å². The number of sulfonamides is 1. The van der Waals surface area contributed by atoms with E-state index in [9.17, 15) is 8.42 Å². The van der Waals surface area contributed by atoms with Gasteiger partial charge < -0.3 is 4.90 Å². The molecule has 3 rings (SSSR count). The maximum atomic E-state index is 12.0. The molecule has 21 heavy (non-hydrogen) atoms. The molecule has 7 nitrogen and oxygen atoms in total. The summed E-state index contributed by atoms with van der Waals surface area (Å²) in [6.07, 6.45) is 6.55. The van der Waals surface area contributed by atoms with Gasteiger partial charge in [0.15, 0.2) is 5.03 Å². The van der Waals surface area contributed by atoms with Crippen LogP contribution in [0.5, 0.6) is 0 Å². The van der Waals surface area contributed by atoms with Crippen molar-refractivity contribution >= 4 is 21.5 Å². The minimum Gasteiger partial charge on any atom is -0.357 e. The first-order chi connectivity index (χ1) is 10.1. The molecule has 0 atom stereocenters.